The van der Waals surface area contributed by atoms with Crippen LogP contribution >= 0.6 is 0 Å². The molecule has 0 aromatic carbocycles. The van der Waals surface area contributed by atoms with Crippen molar-refractivity contribution in [1.82, 2.24) is 0 Å². The van der Waals surface area contributed by atoms with Crippen LogP contribution in [-0.2, 0) is 9.53 Å². The number of hydrogen-bond donors (Lipinski definition) is 0. The molecule has 0 rings (SSSR count). The third-order valence-electron chi connectivity index (χ3n) is 3.14. The van der Waals surface area contributed by atoms with Gasteiger partial charge in [0.15, 0.2) is 0 Å². The molecule has 0 aromatic heterocycles. The number of carbonyl (C=O) groups excluding carboxylic acids is 1. The average Bonchev–Trinajstić information content (AvgIpc) is 2.31. The van der Waals surface area contributed by atoms with Gasteiger partial charge in [-0.25, -0.2) is 0 Å². The largest absolute Gasteiger partial charge is 0.462 e. The van der Waals surface area contributed by atoms with E-state index in [1.54, 1.807) is 0 Å². The fourth-order valence-corrected chi connectivity index (χ4v) is 1.98. The fourth-order valence-electron chi connectivity index (χ4n) is 1.98. The number of esters is 1. The summed E-state index contributed by atoms with van der Waals surface area (Å²) in [5.74, 6) is 0.974. The third-order valence-corrected chi connectivity index (χ3v) is 3.14. The lowest BCUT2D eigenvalue weighted by Gasteiger charge is -2.16. The minimum absolute atomic E-state index is 0.0708. The molecule has 0 amide bonds. The lowest BCUT2D eigenvalue weighted by atomic mass is 9.97. The van der Waals surface area contributed by atoms with E-state index in [4.69, 9.17) is 4.74 Å². The highest BCUT2D eigenvalue weighted by atomic mass is 16.5. The first-order chi connectivity index (χ1) is 8.40. The molecule has 18 heavy (non-hydrogen) atoms. The van der Waals surface area contributed by atoms with Crippen molar-refractivity contribution < 1.29 is 9.53 Å². The van der Waals surface area contributed by atoms with Crippen molar-refractivity contribution in [3.63, 3.8) is 0 Å². The summed E-state index contributed by atoms with van der Waals surface area (Å²) in [6, 6.07) is 0. The topological polar surface area (TPSA) is 26.3 Å². The molecule has 0 saturated carbocycles. The van der Waals surface area contributed by atoms with Gasteiger partial charge in [0.25, 0.3) is 0 Å². The van der Waals surface area contributed by atoms with Gasteiger partial charge in [0.1, 0.15) is 6.10 Å². The first-order valence-corrected chi connectivity index (χ1v) is 7.29. The minimum atomic E-state index is -0.139. The SMILES string of the molecule is CCC(CC)OC(=O)[C@H](C)/C=C/[C@H](C)CC(C)C. The Morgan fingerprint density at radius 3 is 2.06 bits per heavy atom. The molecule has 106 valence electrons. The Hall–Kier alpha value is -0.790. The van der Waals surface area contributed by atoms with Gasteiger partial charge in [0.05, 0.1) is 5.92 Å². The van der Waals surface area contributed by atoms with Crippen LogP contribution < -0.4 is 0 Å². The van der Waals surface area contributed by atoms with E-state index in [2.05, 4.69) is 26.8 Å². The number of allylic oxidation sites excluding steroid dienone is 1. The molecule has 2 heteroatoms. The molecule has 2 atom stereocenters. The molecule has 0 bridgehead atoms. The van der Waals surface area contributed by atoms with Crippen LogP contribution in [0.2, 0.25) is 0 Å². The molecule has 0 aliphatic heterocycles. The van der Waals surface area contributed by atoms with E-state index in [1.165, 1.54) is 0 Å². The zero-order valence-electron chi connectivity index (χ0n) is 12.9. The normalized spacial score (nSPS) is 15.3. The van der Waals surface area contributed by atoms with Gasteiger partial charge in [-0.15, -0.1) is 0 Å². The molecule has 2 nitrogen and oxygen atoms in total. The van der Waals surface area contributed by atoms with Crippen molar-refractivity contribution in [3.05, 3.63) is 12.2 Å². The molecule has 0 aliphatic carbocycles. The van der Waals surface area contributed by atoms with Crippen LogP contribution in [0.4, 0.5) is 0 Å². The molecule has 0 N–H and O–H groups in total. The summed E-state index contributed by atoms with van der Waals surface area (Å²) in [6.07, 6.45) is 7.13. The molecule has 0 spiro atoms. The molecule has 0 aliphatic rings. The maximum atomic E-state index is 11.8. The van der Waals surface area contributed by atoms with Gasteiger partial charge in [-0.1, -0.05) is 46.8 Å². The van der Waals surface area contributed by atoms with E-state index in [1.807, 2.05) is 26.8 Å². The second-order valence-electron chi connectivity index (χ2n) is 5.66. The first-order valence-electron chi connectivity index (χ1n) is 7.29. The highest BCUT2D eigenvalue weighted by Crippen LogP contribution is 2.14. The maximum absolute atomic E-state index is 11.8. The summed E-state index contributed by atoms with van der Waals surface area (Å²) in [5.41, 5.74) is 0. The minimum Gasteiger partial charge on any atom is -0.462 e. The number of ether oxygens (including phenoxy) is 1. The van der Waals surface area contributed by atoms with E-state index >= 15 is 0 Å². The Morgan fingerprint density at radius 2 is 1.61 bits per heavy atom. The van der Waals surface area contributed by atoms with E-state index in [0.717, 1.165) is 19.3 Å². The van der Waals surface area contributed by atoms with Crippen LogP contribution in [-0.4, -0.2) is 12.1 Å². The van der Waals surface area contributed by atoms with Gasteiger partial charge in [0, 0.05) is 0 Å². The lowest BCUT2D eigenvalue weighted by molar-refractivity contribution is -0.152. The van der Waals surface area contributed by atoms with E-state index in [9.17, 15) is 4.79 Å². The van der Waals surface area contributed by atoms with Gasteiger partial charge in [0.2, 0.25) is 0 Å². The van der Waals surface area contributed by atoms with Crippen LogP contribution in [0.15, 0.2) is 12.2 Å². The molecular weight excluding hydrogens is 224 g/mol. The van der Waals surface area contributed by atoms with Gasteiger partial charge in [-0.3, -0.25) is 4.79 Å². The fraction of sp³-hybridized carbons (Fsp3) is 0.812. The Bertz CT molecular complexity index is 252. The average molecular weight is 254 g/mol. The molecule has 0 radical (unpaired) electrons. The van der Waals surface area contributed by atoms with Crippen molar-refractivity contribution in [2.24, 2.45) is 17.8 Å². The van der Waals surface area contributed by atoms with Crippen molar-refractivity contribution in [2.75, 3.05) is 0 Å². The standard InChI is InChI=1S/C16H30O2/c1-7-15(8-2)18-16(17)14(6)10-9-13(5)11-12(3)4/h9-10,12-15H,7-8,11H2,1-6H3/b10-9+/t13-,14+/m0/s1. The van der Waals surface area contributed by atoms with E-state index in [-0.39, 0.29) is 18.0 Å². The van der Waals surface area contributed by atoms with Crippen LogP contribution in [0.5, 0.6) is 0 Å². The van der Waals surface area contributed by atoms with Gasteiger partial charge >= 0.3 is 5.97 Å². The number of carbonyl (C=O) groups is 1. The zero-order chi connectivity index (χ0) is 14.1. The number of rotatable bonds is 8. The Morgan fingerprint density at radius 1 is 1.06 bits per heavy atom. The van der Waals surface area contributed by atoms with Crippen molar-refractivity contribution in [2.45, 2.75) is 66.9 Å². The Labute approximate surface area is 113 Å². The van der Waals surface area contributed by atoms with Crippen LogP contribution in [0.25, 0.3) is 0 Å². The molecule has 0 heterocycles. The smallest absolute Gasteiger partial charge is 0.312 e. The monoisotopic (exact) mass is 254 g/mol. The summed E-state index contributed by atoms with van der Waals surface area (Å²) in [5, 5.41) is 0. The number of hydrogen-bond acceptors (Lipinski definition) is 2. The van der Waals surface area contributed by atoms with E-state index < -0.39 is 0 Å². The lowest BCUT2D eigenvalue weighted by Crippen LogP contribution is -2.21. The first kappa shape index (κ1) is 17.2. The van der Waals surface area contributed by atoms with Crippen LogP contribution in [0.3, 0.4) is 0 Å². The maximum Gasteiger partial charge on any atom is 0.312 e. The second kappa shape index (κ2) is 9.18. The highest BCUT2D eigenvalue weighted by Gasteiger charge is 2.15. The molecule has 0 fully saturated rings. The third kappa shape index (κ3) is 7.52. The molecule has 0 aromatic rings. The Kier molecular flexibility index (Phi) is 8.78. The predicted octanol–water partition coefficient (Wildman–Crippen LogP) is 4.59. The molecular formula is C16H30O2. The second-order valence-corrected chi connectivity index (χ2v) is 5.66. The summed E-state index contributed by atoms with van der Waals surface area (Å²) in [4.78, 5) is 11.8. The molecule has 0 unspecified atom stereocenters. The quantitative estimate of drug-likeness (QED) is 0.467. The summed E-state index contributed by atoms with van der Waals surface area (Å²) in [6.45, 7) is 12.6. The molecule has 0 saturated heterocycles. The summed E-state index contributed by atoms with van der Waals surface area (Å²) < 4.78 is 5.43. The van der Waals surface area contributed by atoms with Crippen LogP contribution in [0, 0.1) is 17.8 Å². The predicted molar refractivity (Wildman–Crippen MR) is 77.4 cm³/mol. The zero-order valence-corrected chi connectivity index (χ0v) is 12.9. The van der Waals surface area contributed by atoms with E-state index in [0.29, 0.717) is 11.8 Å². The van der Waals surface area contributed by atoms with Gasteiger partial charge < -0.3 is 4.74 Å². The Balaban J connectivity index is 4.18. The van der Waals surface area contributed by atoms with Crippen LogP contribution in [0.1, 0.15) is 60.8 Å². The van der Waals surface area contributed by atoms with Crippen molar-refractivity contribution >= 4 is 5.97 Å². The van der Waals surface area contributed by atoms with Gasteiger partial charge in [-0.2, -0.15) is 0 Å². The highest BCUT2D eigenvalue weighted by molar-refractivity contribution is 5.74. The van der Waals surface area contributed by atoms with Crippen molar-refractivity contribution in [1.29, 1.82) is 0 Å². The van der Waals surface area contributed by atoms with Gasteiger partial charge in [-0.05, 0) is 38.0 Å². The summed E-state index contributed by atoms with van der Waals surface area (Å²) in [7, 11) is 0. The summed E-state index contributed by atoms with van der Waals surface area (Å²) >= 11 is 0. The van der Waals surface area contributed by atoms with Crippen molar-refractivity contribution in [3.8, 4) is 0 Å².